The number of thioether (sulfide) groups is 1. The zero-order valence-corrected chi connectivity index (χ0v) is 12.4. The van der Waals surface area contributed by atoms with Gasteiger partial charge in [0.25, 0.3) is 0 Å². The van der Waals surface area contributed by atoms with Crippen LogP contribution >= 0.6 is 11.8 Å². The molecule has 1 aromatic rings. The number of rotatable bonds is 8. The van der Waals surface area contributed by atoms with Crippen LogP contribution < -0.4 is 5.32 Å². The summed E-state index contributed by atoms with van der Waals surface area (Å²) in [6.07, 6.45) is 2.32. The average molecular weight is 269 g/mol. The fraction of sp³-hybridized carbons (Fsp3) is 0.600. The van der Waals surface area contributed by atoms with Crippen molar-refractivity contribution in [1.29, 1.82) is 0 Å². The first kappa shape index (κ1) is 15.5. The lowest BCUT2D eigenvalue weighted by molar-refractivity contribution is 0.448. The topological polar surface area (TPSA) is 12.0 Å². The van der Waals surface area contributed by atoms with Gasteiger partial charge >= 0.3 is 0 Å². The van der Waals surface area contributed by atoms with Crippen molar-refractivity contribution in [1.82, 2.24) is 5.32 Å². The Balaban J connectivity index is 2.44. The number of nitrogens with one attached hydrogen (secondary N) is 1. The van der Waals surface area contributed by atoms with Gasteiger partial charge in [-0.05, 0) is 43.5 Å². The van der Waals surface area contributed by atoms with Gasteiger partial charge < -0.3 is 5.32 Å². The fourth-order valence-corrected chi connectivity index (χ4v) is 2.90. The molecule has 1 atom stereocenters. The molecule has 1 unspecified atom stereocenters. The second kappa shape index (κ2) is 8.54. The zero-order chi connectivity index (χ0) is 13.4. The third kappa shape index (κ3) is 6.41. The van der Waals surface area contributed by atoms with Crippen molar-refractivity contribution in [2.45, 2.75) is 44.6 Å². The Labute approximate surface area is 115 Å². The van der Waals surface area contributed by atoms with E-state index in [9.17, 15) is 4.39 Å². The van der Waals surface area contributed by atoms with Gasteiger partial charge in [0.15, 0.2) is 0 Å². The predicted molar refractivity (Wildman–Crippen MR) is 78.7 cm³/mol. The number of hydrogen-bond acceptors (Lipinski definition) is 2. The molecule has 0 saturated carbocycles. The summed E-state index contributed by atoms with van der Waals surface area (Å²) in [6, 6.07) is 7.36. The number of hydrogen-bond donors (Lipinski definition) is 1. The Morgan fingerprint density at radius 2 is 2.11 bits per heavy atom. The van der Waals surface area contributed by atoms with Gasteiger partial charge in [0.2, 0.25) is 0 Å². The molecule has 0 amide bonds. The van der Waals surface area contributed by atoms with Crippen molar-refractivity contribution in [2.75, 3.05) is 12.3 Å². The van der Waals surface area contributed by atoms with Crippen LogP contribution in [0.4, 0.5) is 4.39 Å². The highest BCUT2D eigenvalue weighted by atomic mass is 32.2. The molecule has 102 valence electrons. The van der Waals surface area contributed by atoms with E-state index in [0.717, 1.165) is 23.6 Å². The van der Waals surface area contributed by atoms with Gasteiger partial charge in [0.1, 0.15) is 5.82 Å². The zero-order valence-electron chi connectivity index (χ0n) is 11.6. The maximum atomic E-state index is 13.1. The van der Waals surface area contributed by atoms with Crippen LogP contribution in [0.2, 0.25) is 0 Å². The van der Waals surface area contributed by atoms with Gasteiger partial charge in [0, 0.05) is 16.7 Å². The normalized spacial score (nSPS) is 12.9. The van der Waals surface area contributed by atoms with Crippen molar-refractivity contribution in [3.8, 4) is 0 Å². The Morgan fingerprint density at radius 3 is 2.72 bits per heavy atom. The smallest absolute Gasteiger partial charge is 0.124 e. The quantitative estimate of drug-likeness (QED) is 0.705. The molecule has 1 rings (SSSR count). The molecule has 18 heavy (non-hydrogen) atoms. The summed E-state index contributed by atoms with van der Waals surface area (Å²) in [5, 5.41) is 3.57. The van der Waals surface area contributed by atoms with Crippen molar-refractivity contribution in [2.24, 2.45) is 5.92 Å². The highest BCUT2D eigenvalue weighted by Gasteiger charge is 2.10. The molecule has 1 nitrogen and oxygen atoms in total. The molecule has 0 heterocycles. The molecular formula is C15H24FNS. The summed E-state index contributed by atoms with van der Waals surface area (Å²) in [7, 11) is 0. The molecule has 0 aliphatic carbocycles. The summed E-state index contributed by atoms with van der Waals surface area (Å²) >= 11 is 1.73. The highest BCUT2D eigenvalue weighted by molar-refractivity contribution is 7.99. The van der Waals surface area contributed by atoms with Crippen molar-refractivity contribution in [3.63, 3.8) is 0 Å². The van der Waals surface area contributed by atoms with E-state index in [4.69, 9.17) is 0 Å². The molecule has 0 spiro atoms. The number of halogens is 1. The molecule has 0 radical (unpaired) electrons. The van der Waals surface area contributed by atoms with E-state index in [-0.39, 0.29) is 5.82 Å². The summed E-state index contributed by atoms with van der Waals surface area (Å²) in [4.78, 5) is 1.02. The highest BCUT2D eigenvalue weighted by Crippen LogP contribution is 2.21. The maximum Gasteiger partial charge on any atom is 0.124 e. The number of benzene rings is 1. The van der Waals surface area contributed by atoms with E-state index in [1.54, 1.807) is 23.9 Å². The monoisotopic (exact) mass is 269 g/mol. The van der Waals surface area contributed by atoms with Crippen LogP contribution in [0.25, 0.3) is 0 Å². The molecular weight excluding hydrogens is 245 g/mol. The lowest BCUT2D eigenvalue weighted by Gasteiger charge is -2.20. The van der Waals surface area contributed by atoms with E-state index in [0.29, 0.717) is 12.0 Å². The summed E-state index contributed by atoms with van der Waals surface area (Å²) in [5.74, 6) is 1.54. The van der Waals surface area contributed by atoms with Crippen LogP contribution in [-0.4, -0.2) is 18.3 Å². The van der Waals surface area contributed by atoms with Crippen LogP contribution in [0.15, 0.2) is 29.2 Å². The Kier molecular flexibility index (Phi) is 7.36. The molecule has 0 aromatic heterocycles. The second-order valence-corrected chi connectivity index (χ2v) is 6.14. The molecule has 0 aliphatic heterocycles. The lowest BCUT2D eigenvalue weighted by Crippen LogP contribution is -2.33. The third-order valence-corrected chi connectivity index (χ3v) is 3.84. The average Bonchev–Trinajstić information content (AvgIpc) is 2.32. The van der Waals surface area contributed by atoms with Crippen molar-refractivity contribution < 1.29 is 4.39 Å². The van der Waals surface area contributed by atoms with Gasteiger partial charge in [-0.3, -0.25) is 0 Å². The van der Waals surface area contributed by atoms with Gasteiger partial charge in [-0.1, -0.05) is 26.8 Å². The molecule has 0 bridgehead atoms. The standard InChI is InChI=1S/C15H24FNS/c1-4-8-17-14(9-12(2)3)11-18-15-7-5-6-13(16)10-15/h5-7,10,12,14,17H,4,8-9,11H2,1-3H3. The lowest BCUT2D eigenvalue weighted by atomic mass is 10.1. The minimum Gasteiger partial charge on any atom is -0.313 e. The van der Waals surface area contributed by atoms with Crippen LogP contribution in [0.5, 0.6) is 0 Å². The van der Waals surface area contributed by atoms with Gasteiger partial charge in [-0.2, -0.15) is 0 Å². The molecule has 1 N–H and O–H groups in total. The predicted octanol–water partition coefficient (Wildman–Crippen LogP) is 4.33. The Hall–Kier alpha value is -0.540. The Morgan fingerprint density at radius 1 is 1.33 bits per heavy atom. The minimum atomic E-state index is -0.151. The minimum absolute atomic E-state index is 0.151. The summed E-state index contributed by atoms with van der Waals surface area (Å²) in [5.41, 5.74) is 0. The van der Waals surface area contributed by atoms with Crippen LogP contribution in [0, 0.1) is 11.7 Å². The Bertz CT molecular complexity index is 341. The molecule has 0 aliphatic rings. The van der Waals surface area contributed by atoms with E-state index < -0.39 is 0 Å². The van der Waals surface area contributed by atoms with E-state index in [2.05, 4.69) is 26.1 Å². The third-order valence-electron chi connectivity index (χ3n) is 2.69. The summed E-state index contributed by atoms with van der Waals surface area (Å²) in [6.45, 7) is 7.72. The van der Waals surface area contributed by atoms with E-state index in [1.807, 2.05) is 6.07 Å². The van der Waals surface area contributed by atoms with E-state index in [1.165, 1.54) is 12.5 Å². The maximum absolute atomic E-state index is 13.1. The van der Waals surface area contributed by atoms with Gasteiger partial charge in [0.05, 0.1) is 0 Å². The largest absolute Gasteiger partial charge is 0.313 e. The fourth-order valence-electron chi connectivity index (χ4n) is 1.88. The first-order valence-corrected chi connectivity index (χ1v) is 7.72. The van der Waals surface area contributed by atoms with Crippen LogP contribution in [0.3, 0.4) is 0 Å². The SMILES string of the molecule is CCCNC(CSc1cccc(F)c1)CC(C)C. The van der Waals surface area contributed by atoms with E-state index >= 15 is 0 Å². The van der Waals surface area contributed by atoms with Crippen LogP contribution in [-0.2, 0) is 0 Å². The van der Waals surface area contributed by atoms with Gasteiger partial charge in [-0.15, -0.1) is 11.8 Å². The van der Waals surface area contributed by atoms with Crippen LogP contribution in [0.1, 0.15) is 33.6 Å². The summed E-state index contributed by atoms with van der Waals surface area (Å²) < 4.78 is 13.1. The van der Waals surface area contributed by atoms with Crippen molar-refractivity contribution >= 4 is 11.8 Å². The van der Waals surface area contributed by atoms with Crippen molar-refractivity contribution in [3.05, 3.63) is 30.1 Å². The molecule has 1 aromatic carbocycles. The first-order chi connectivity index (χ1) is 8.61. The second-order valence-electron chi connectivity index (χ2n) is 5.05. The molecule has 0 saturated heterocycles. The molecule has 0 fully saturated rings. The van der Waals surface area contributed by atoms with Gasteiger partial charge in [-0.25, -0.2) is 4.39 Å². The molecule has 3 heteroatoms. The first-order valence-electron chi connectivity index (χ1n) is 6.73.